The highest BCUT2D eigenvalue weighted by Crippen LogP contribution is 2.37. The maximum absolute atomic E-state index is 11.9. The Bertz CT molecular complexity index is 273. The van der Waals surface area contributed by atoms with Crippen molar-refractivity contribution in [3.8, 4) is 0 Å². The van der Waals surface area contributed by atoms with E-state index in [1.54, 1.807) is 6.08 Å². The van der Waals surface area contributed by atoms with Gasteiger partial charge in [0.05, 0.1) is 0 Å². The Hall–Kier alpha value is -1.12. The fourth-order valence-electron chi connectivity index (χ4n) is 2.11. The highest BCUT2D eigenvalue weighted by atomic mass is 16.4. The summed E-state index contributed by atoms with van der Waals surface area (Å²) in [5.74, 6) is -1.18. The number of carbonyl (C=O) groups excluding carboxylic acids is 1. The summed E-state index contributed by atoms with van der Waals surface area (Å²) in [7, 11) is 0. The number of carboxylic acids is 1. The minimum Gasteiger partial charge on any atom is -0.480 e. The van der Waals surface area contributed by atoms with Gasteiger partial charge in [0.25, 0.3) is 0 Å². The lowest BCUT2D eigenvalue weighted by molar-refractivity contribution is -0.155. The molecular weight excluding hydrogens is 192 g/mol. The van der Waals surface area contributed by atoms with Gasteiger partial charge in [-0.2, -0.15) is 0 Å². The topological polar surface area (TPSA) is 54.4 Å². The molecule has 84 valence electrons. The Morgan fingerprint density at radius 2 is 1.87 bits per heavy atom. The first-order chi connectivity index (χ1) is 7.13. The molecule has 3 nitrogen and oxygen atoms in total. The molecule has 0 saturated heterocycles. The van der Waals surface area contributed by atoms with Crippen LogP contribution in [0, 0.1) is 5.41 Å². The van der Waals surface area contributed by atoms with Gasteiger partial charge in [-0.15, -0.1) is 0 Å². The number of carboxylic acid groups (broad SMARTS) is 1. The van der Waals surface area contributed by atoms with Gasteiger partial charge in [-0.3, -0.25) is 9.59 Å². The molecule has 0 aliphatic heterocycles. The van der Waals surface area contributed by atoms with Gasteiger partial charge in [0.1, 0.15) is 5.41 Å². The molecule has 3 heteroatoms. The first-order valence-electron chi connectivity index (χ1n) is 5.58. The Morgan fingerprint density at radius 3 is 2.33 bits per heavy atom. The minimum absolute atomic E-state index is 0.225. The van der Waals surface area contributed by atoms with Crippen molar-refractivity contribution in [3.05, 3.63) is 12.2 Å². The monoisotopic (exact) mass is 210 g/mol. The first-order valence-corrected chi connectivity index (χ1v) is 5.58. The quantitative estimate of drug-likeness (QED) is 0.573. The number of rotatable bonds is 4. The molecule has 0 aromatic heterocycles. The van der Waals surface area contributed by atoms with Gasteiger partial charge in [0.2, 0.25) is 0 Å². The van der Waals surface area contributed by atoms with E-state index in [0.29, 0.717) is 12.8 Å². The lowest BCUT2D eigenvalue weighted by atomic mass is 9.71. The van der Waals surface area contributed by atoms with E-state index in [9.17, 15) is 14.7 Å². The molecule has 1 aliphatic carbocycles. The van der Waals surface area contributed by atoms with E-state index in [4.69, 9.17) is 0 Å². The highest BCUT2D eigenvalue weighted by molar-refractivity contribution is 6.08. The molecule has 1 aliphatic rings. The van der Waals surface area contributed by atoms with Crippen molar-refractivity contribution in [2.24, 2.45) is 5.41 Å². The Balaban J connectivity index is 2.85. The molecule has 1 saturated carbocycles. The highest BCUT2D eigenvalue weighted by Gasteiger charge is 2.44. The Kier molecular flexibility index (Phi) is 4.06. The number of hydrogen-bond donors (Lipinski definition) is 1. The van der Waals surface area contributed by atoms with Gasteiger partial charge in [0.15, 0.2) is 5.78 Å². The predicted molar refractivity (Wildman–Crippen MR) is 57.6 cm³/mol. The first kappa shape index (κ1) is 12.0. The Labute approximate surface area is 90.2 Å². The summed E-state index contributed by atoms with van der Waals surface area (Å²) in [5.41, 5.74) is -1.12. The normalized spacial score (nSPS) is 20.3. The summed E-state index contributed by atoms with van der Waals surface area (Å²) >= 11 is 0. The maximum atomic E-state index is 11.9. The Morgan fingerprint density at radius 1 is 1.27 bits per heavy atom. The van der Waals surface area contributed by atoms with Crippen LogP contribution < -0.4 is 0 Å². The van der Waals surface area contributed by atoms with Crippen LogP contribution >= 0.6 is 0 Å². The zero-order valence-electron chi connectivity index (χ0n) is 9.16. The van der Waals surface area contributed by atoms with Gasteiger partial charge in [0, 0.05) is 0 Å². The van der Waals surface area contributed by atoms with Crippen LogP contribution in [0.5, 0.6) is 0 Å². The lowest BCUT2D eigenvalue weighted by Gasteiger charge is -2.30. The standard InChI is InChI=1S/C12H18O3/c1-2-3-7-10(13)12(11(14)15)8-5-4-6-9-12/h3,7H,2,4-6,8-9H2,1H3,(H,14,15). The summed E-state index contributed by atoms with van der Waals surface area (Å²) < 4.78 is 0. The number of carbonyl (C=O) groups is 2. The smallest absolute Gasteiger partial charge is 0.317 e. The van der Waals surface area contributed by atoms with Crippen molar-refractivity contribution in [1.29, 1.82) is 0 Å². The van der Waals surface area contributed by atoms with Crippen molar-refractivity contribution in [3.63, 3.8) is 0 Å². The number of aliphatic carboxylic acids is 1. The van der Waals surface area contributed by atoms with Crippen molar-refractivity contribution in [2.75, 3.05) is 0 Å². The lowest BCUT2D eigenvalue weighted by Crippen LogP contribution is -2.40. The van der Waals surface area contributed by atoms with E-state index >= 15 is 0 Å². The van der Waals surface area contributed by atoms with Gasteiger partial charge in [-0.05, 0) is 25.3 Å². The van der Waals surface area contributed by atoms with Crippen LogP contribution in [0.1, 0.15) is 45.4 Å². The molecule has 1 rings (SSSR count). The van der Waals surface area contributed by atoms with Crippen LogP contribution in [0.25, 0.3) is 0 Å². The van der Waals surface area contributed by atoms with Crippen LogP contribution in [0.3, 0.4) is 0 Å². The third kappa shape index (κ3) is 2.46. The summed E-state index contributed by atoms with van der Waals surface area (Å²) in [6.07, 6.45) is 7.67. The SMILES string of the molecule is CCC=CC(=O)C1(C(=O)O)CCCCC1. The largest absolute Gasteiger partial charge is 0.480 e. The molecular formula is C12H18O3. The van der Waals surface area contributed by atoms with Crippen molar-refractivity contribution < 1.29 is 14.7 Å². The second-order valence-electron chi connectivity index (χ2n) is 4.12. The average Bonchev–Trinajstić information content (AvgIpc) is 2.26. The van der Waals surface area contributed by atoms with E-state index < -0.39 is 11.4 Å². The van der Waals surface area contributed by atoms with Crippen molar-refractivity contribution >= 4 is 11.8 Å². The minimum atomic E-state index is -1.12. The summed E-state index contributed by atoms with van der Waals surface area (Å²) in [6, 6.07) is 0. The molecule has 15 heavy (non-hydrogen) atoms. The van der Waals surface area contributed by atoms with E-state index in [0.717, 1.165) is 25.7 Å². The van der Waals surface area contributed by atoms with E-state index in [-0.39, 0.29) is 5.78 Å². The number of hydrogen-bond acceptors (Lipinski definition) is 2. The summed E-state index contributed by atoms with van der Waals surface area (Å²) in [5, 5.41) is 9.20. The molecule has 0 unspecified atom stereocenters. The van der Waals surface area contributed by atoms with Crippen LogP contribution in [-0.4, -0.2) is 16.9 Å². The molecule has 1 N–H and O–H groups in total. The molecule has 0 radical (unpaired) electrons. The molecule has 0 aromatic rings. The summed E-state index contributed by atoms with van der Waals surface area (Å²) in [4.78, 5) is 23.1. The van der Waals surface area contributed by atoms with Gasteiger partial charge in [-0.25, -0.2) is 0 Å². The van der Waals surface area contributed by atoms with Gasteiger partial charge in [-0.1, -0.05) is 32.3 Å². The fourth-order valence-corrected chi connectivity index (χ4v) is 2.11. The molecule has 0 heterocycles. The van der Waals surface area contributed by atoms with E-state index in [1.807, 2.05) is 6.92 Å². The van der Waals surface area contributed by atoms with E-state index in [2.05, 4.69) is 0 Å². The molecule has 0 atom stereocenters. The average molecular weight is 210 g/mol. The molecule has 1 fully saturated rings. The predicted octanol–water partition coefficient (Wildman–Crippen LogP) is 2.56. The molecule has 0 aromatic carbocycles. The van der Waals surface area contributed by atoms with Crippen LogP contribution in [-0.2, 0) is 9.59 Å². The van der Waals surface area contributed by atoms with Crippen LogP contribution in [0.4, 0.5) is 0 Å². The molecule has 0 bridgehead atoms. The fraction of sp³-hybridized carbons (Fsp3) is 0.667. The van der Waals surface area contributed by atoms with Crippen molar-refractivity contribution in [2.45, 2.75) is 45.4 Å². The third-order valence-electron chi connectivity index (χ3n) is 3.09. The van der Waals surface area contributed by atoms with E-state index in [1.165, 1.54) is 6.08 Å². The van der Waals surface area contributed by atoms with Gasteiger partial charge >= 0.3 is 5.97 Å². The number of ketones is 1. The van der Waals surface area contributed by atoms with Gasteiger partial charge < -0.3 is 5.11 Å². The third-order valence-corrected chi connectivity index (χ3v) is 3.09. The van der Waals surface area contributed by atoms with Crippen LogP contribution in [0.15, 0.2) is 12.2 Å². The second kappa shape index (κ2) is 5.10. The maximum Gasteiger partial charge on any atom is 0.317 e. The number of allylic oxidation sites excluding steroid dienone is 2. The second-order valence-corrected chi connectivity index (χ2v) is 4.12. The zero-order valence-corrected chi connectivity index (χ0v) is 9.16. The van der Waals surface area contributed by atoms with Crippen molar-refractivity contribution in [1.82, 2.24) is 0 Å². The zero-order chi connectivity index (χ0) is 11.3. The molecule has 0 amide bonds. The molecule has 0 spiro atoms. The van der Waals surface area contributed by atoms with Crippen LogP contribution in [0.2, 0.25) is 0 Å². The summed E-state index contributed by atoms with van der Waals surface area (Å²) in [6.45, 7) is 1.93.